The molecule has 1 unspecified atom stereocenters. The molecular formula is C24H27N5O2. The number of rotatable bonds is 6. The van der Waals surface area contributed by atoms with Gasteiger partial charge in [0.05, 0.1) is 11.6 Å². The molecule has 1 atom stereocenters. The van der Waals surface area contributed by atoms with Gasteiger partial charge in [-0.3, -0.25) is 9.59 Å². The van der Waals surface area contributed by atoms with Crippen LogP contribution in [0.5, 0.6) is 0 Å². The van der Waals surface area contributed by atoms with E-state index in [4.69, 9.17) is 0 Å². The van der Waals surface area contributed by atoms with Gasteiger partial charge >= 0.3 is 0 Å². The van der Waals surface area contributed by atoms with Gasteiger partial charge in [-0.15, -0.1) is 5.10 Å². The number of carbonyl (C=O) groups is 2. The molecule has 1 N–H and O–H groups in total. The Morgan fingerprint density at radius 2 is 1.77 bits per heavy atom. The third-order valence-electron chi connectivity index (χ3n) is 5.46. The van der Waals surface area contributed by atoms with Gasteiger partial charge in [0.15, 0.2) is 5.82 Å². The van der Waals surface area contributed by atoms with Crippen LogP contribution in [-0.4, -0.2) is 51.1 Å². The minimum absolute atomic E-state index is 0.0205. The summed E-state index contributed by atoms with van der Waals surface area (Å²) in [5.74, 6) is 0.364. The first-order valence-electron chi connectivity index (χ1n) is 10.8. The fourth-order valence-electron chi connectivity index (χ4n) is 3.84. The van der Waals surface area contributed by atoms with E-state index in [1.165, 1.54) is 0 Å². The van der Waals surface area contributed by atoms with E-state index in [2.05, 4.69) is 15.4 Å². The summed E-state index contributed by atoms with van der Waals surface area (Å²) in [6, 6.07) is 19.4. The van der Waals surface area contributed by atoms with Gasteiger partial charge in [0.2, 0.25) is 11.7 Å². The number of amides is 2. The Labute approximate surface area is 182 Å². The zero-order valence-electron chi connectivity index (χ0n) is 17.7. The fourth-order valence-corrected chi connectivity index (χ4v) is 3.84. The summed E-state index contributed by atoms with van der Waals surface area (Å²) < 4.78 is 1.71. The van der Waals surface area contributed by atoms with Gasteiger partial charge in [-0.1, -0.05) is 55.5 Å². The molecule has 1 aliphatic rings. The van der Waals surface area contributed by atoms with Crippen molar-refractivity contribution in [1.29, 1.82) is 0 Å². The van der Waals surface area contributed by atoms with Crippen LogP contribution in [0.4, 0.5) is 0 Å². The highest BCUT2D eigenvalue weighted by Crippen LogP contribution is 2.23. The Kier molecular flexibility index (Phi) is 6.40. The van der Waals surface area contributed by atoms with Gasteiger partial charge in [-0.2, -0.15) is 0 Å². The first-order chi connectivity index (χ1) is 15.2. The number of para-hydroxylation sites is 1. The molecule has 0 spiro atoms. The van der Waals surface area contributed by atoms with E-state index in [1.54, 1.807) is 9.58 Å². The van der Waals surface area contributed by atoms with E-state index in [9.17, 15) is 9.59 Å². The van der Waals surface area contributed by atoms with Crippen LogP contribution in [0.3, 0.4) is 0 Å². The number of benzene rings is 2. The van der Waals surface area contributed by atoms with Gasteiger partial charge in [0, 0.05) is 25.2 Å². The van der Waals surface area contributed by atoms with E-state index in [0.29, 0.717) is 25.5 Å². The molecule has 7 heteroatoms. The highest BCUT2D eigenvalue weighted by atomic mass is 16.2. The van der Waals surface area contributed by atoms with Crippen molar-refractivity contribution < 1.29 is 9.59 Å². The summed E-state index contributed by atoms with van der Waals surface area (Å²) in [5, 5.41) is 7.51. The molecule has 160 valence electrons. The molecule has 3 aromatic rings. The second kappa shape index (κ2) is 9.55. The predicted molar refractivity (Wildman–Crippen MR) is 119 cm³/mol. The van der Waals surface area contributed by atoms with E-state index >= 15 is 0 Å². The Morgan fingerprint density at radius 3 is 2.48 bits per heavy atom. The number of piperidine rings is 1. The van der Waals surface area contributed by atoms with Crippen molar-refractivity contribution in [3.05, 3.63) is 66.5 Å². The zero-order chi connectivity index (χ0) is 21.6. The normalized spacial score (nSPS) is 16.2. The van der Waals surface area contributed by atoms with Crippen LogP contribution in [0.25, 0.3) is 17.1 Å². The standard InChI is InChI=1S/C24H27N5O2/c1-2-15-25-23(30)19-12-9-16-28(17-19)24(31)21-26-22(18-10-5-3-6-11-18)29(27-21)20-13-7-4-8-14-20/h3-8,10-11,13-14,19H,2,9,12,15-17H2,1H3,(H,25,30). The average molecular weight is 418 g/mol. The maximum absolute atomic E-state index is 13.3. The van der Waals surface area contributed by atoms with Gasteiger partial charge in [0.1, 0.15) is 0 Å². The molecule has 1 aliphatic heterocycles. The summed E-state index contributed by atoms with van der Waals surface area (Å²) >= 11 is 0. The third kappa shape index (κ3) is 4.66. The van der Waals surface area contributed by atoms with E-state index < -0.39 is 0 Å². The topological polar surface area (TPSA) is 80.1 Å². The van der Waals surface area contributed by atoms with Crippen LogP contribution >= 0.6 is 0 Å². The summed E-state index contributed by atoms with van der Waals surface area (Å²) in [6.45, 7) is 3.69. The molecule has 0 aliphatic carbocycles. The fraction of sp³-hybridized carbons (Fsp3) is 0.333. The minimum Gasteiger partial charge on any atom is -0.356 e. The first-order valence-corrected chi connectivity index (χ1v) is 10.8. The quantitative estimate of drug-likeness (QED) is 0.667. The number of hydrogen-bond donors (Lipinski definition) is 1. The monoisotopic (exact) mass is 417 g/mol. The number of nitrogens with one attached hydrogen (secondary N) is 1. The SMILES string of the molecule is CCCNC(=O)C1CCCN(C(=O)c2nc(-c3ccccc3)n(-c3ccccc3)n2)C1. The largest absolute Gasteiger partial charge is 0.356 e. The van der Waals surface area contributed by atoms with Crippen LogP contribution in [0.15, 0.2) is 60.7 Å². The molecule has 1 fully saturated rings. The van der Waals surface area contributed by atoms with Crippen LogP contribution in [0.1, 0.15) is 36.8 Å². The highest BCUT2D eigenvalue weighted by Gasteiger charge is 2.31. The van der Waals surface area contributed by atoms with Crippen LogP contribution in [0.2, 0.25) is 0 Å². The Bertz CT molecular complexity index is 976. The predicted octanol–water partition coefficient (Wildman–Crippen LogP) is 3.31. The molecule has 2 amide bonds. The van der Waals surface area contributed by atoms with Crippen molar-refractivity contribution in [2.75, 3.05) is 19.6 Å². The molecule has 4 rings (SSSR count). The van der Waals surface area contributed by atoms with Crippen molar-refractivity contribution >= 4 is 11.8 Å². The highest BCUT2D eigenvalue weighted by molar-refractivity contribution is 5.91. The van der Waals surface area contributed by atoms with Crippen molar-refractivity contribution in [3.63, 3.8) is 0 Å². The van der Waals surface area contributed by atoms with Crippen molar-refractivity contribution in [2.45, 2.75) is 26.2 Å². The van der Waals surface area contributed by atoms with Gasteiger partial charge in [-0.25, -0.2) is 9.67 Å². The summed E-state index contributed by atoms with van der Waals surface area (Å²) in [6.07, 6.45) is 2.48. The molecular weight excluding hydrogens is 390 g/mol. The first kappa shape index (κ1) is 20.8. The van der Waals surface area contributed by atoms with Crippen LogP contribution < -0.4 is 5.32 Å². The lowest BCUT2D eigenvalue weighted by atomic mass is 9.97. The maximum Gasteiger partial charge on any atom is 0.293 e. The molecule has 1 saturated heterocycles. The third-order valence-corrected chi connectivity index (χ3v) is 5.46. The lowest BCUT2D eigenvalue weighted by Gasteiger charge is -2.31. The van der Waals surface area contributed by atoms with Crippen molar-refractivity contribution in [1.82, 2.24) is 25.0 Å². The molecule has 0 saturated carbocycles. The molecule has 7 nitrogen and oxygen atoms in total. The van der Waals surface area contributed by atoms with E-state index in [-0.39, 0.29) is 23.6 Å². The summed E-state index contributed by atoms with van der Waals surface area (Å²) in [5.41, 5.74) is 1.72. The molecule has 2 aromatic carbocycles. The summed E-state index contributed by atoms with van der Waals surface area (Å²) in [7, 11) is 0. The molecule has 2 heterocycles. The molecule has 31 heavy (non-hydrogen) atoms. The lowest BCUT2D eigenvalue weighted by Crippen LogP contribution is -2.45. The second-order valence-corrected chi connectivity index (χ2v) is 7.75. The maximum atomic E-state index is 13.3. The zero-order valence-corrected chi connectivity index (χ0v) is 17.7. The van der Waals surface area contributed by atoms with Crippen molar-refractivity contribution in [2.24, 2.45) is 5.92 Å². The minimum atomic E-state index is -0.236. The van der Waals surface area contributed by atoms with Crippen LogP contribution in [0, 0.1) is 5.92 Å². The van der Waals surface area contributed by atoms with Crippen molar-refractivity contribution in [3.8, 4) is 17.1 Å². The molecule has 0 bridgehead atoms. The number of likely N-dealkylation sites (tertiary alicyclic amines) is 1. The second-order valence-electron chi connectivity index (χ2n) is 7.75. The van der Waals surface area contributed by atoms with E-state index in [0.717, 1.165) is 30.5 Å². The molecule has 0 radical (unpaired) electrons. The van der Waals surface area contributed by atoms with Crippen LogP contribution in [-0.2, 0) is 4.79 Å². The van der Waals surface area contributed by atoms with Gasteiger partial charge < -0.3 is 10.2 Å². The van der Waals surface area contributed by atoms with Gasteiger partial charge in [-0.05, 0) is 31.4 Å². The number of nitrogens with zero attached hydrogens (tertiary/aromatic N) is 4. The number of carbonyl (C=O) groups excluding carboxylic acids is 2. The van der Waals surface area contributed by atoms with Gasteiger partial charge in [0.25, 0.3) is 5.91 Å². The smallest absolute Gasteiger partial charge is 0.293 e. The number of aromatic nitrogens is 3. The number of hydrogen-bond acceptors (Lipinski definition) is 4. The van der Waals surface area contributed by atoms with E-state index in [1.807, 2.05) is 67.6 Å². The Morgan fingerprint density at radius 1 is 1.06 bits per heavy atom. The average Bonchev–Trinajstić information content (AvgIpc) is 3.29. The lowest BCUT2D eigenvalue weighted by molar-refractivity contribution is -0.126. The Hall–Kier alpha value is -3.48. The Balaban J connectivity index is 1.61. The summed E-state index contributed by atoms with van der Waals surface area (Å²) in [4.78, 5) is 32.0. The molecule has 1 aromatic heterocycles.